The number of hydrogen-bond donors (Lipinski definition) is 1. The summed E-state index contributed by atoms with van der Waals surface area (Å²) in [4.78, 5) is 26.7. The van der Waals surface area contributed by atoms with Gasteiger partial charge in [0.15, 0.2) is 5.69 Å². The number of ketones is 1. The highest BCUT2D eigenvalue weighted by Gasteiger charge is 2.42. The van der Waals surface area contributed by atoms with E-state index in [4.69, 9.17) is 4.42 Å². The Morgan fingerprint density at radius 1 is 1.17 bits per heavy atom. The SMILES string of the molecule is CB(O)N1CCCN(c2ccc(CC(=O)c3oc(N4CCCC(C)C4)nc3C(F)(F)F)cn2)CC1. The van der Waals surface area contributed by atoms with Crippen LogP contribution in [0.15, 0.2) is 22.7 Å². The Morgan fingerprint density at radius 3 is 2.60 bits per heavy atom. The number of rotatable bonds is 6. The van der Waals surface area contributed by atoms with Crippen LogP contribution in [0.1, 0.15) is 48.0 Å². The van der Waals surface area contributed by atoms with E-state index in [2.05, 4.69) is 14.9 Å². The maximum atomic E-state index is 13.6. The van der Waals surface area contributed by atoms with E-state index in [-0.39, 0.29) is 12.4 Å². The summed E-state index contributed by atoms with van der Waals surface area (Å²) < 4.78 is 46.3. The van der Waals surface area contributed by atoms with Gasteiger partial charge in [-0.15, -0.1) is 0 Å². The first-order valence-corrected chi connectivity index (χ1v) is 12.1. The van der Waals surface area contributed by atoms with Crippen molar-refractivity contribution in [2.75, 3.05) is 49.1 Å². The minimum Gasteiger partial charge on any atom is -0.437 e. The van der Waals surface area contributed by atoms with Crippen molar-refractivity contribution in [3.63, 3.8) is 0 Å². The smallest absolute Gasteiger partial charge is 0.437 e. The normalized spacial score (nSPS) is 20.1. The Balaban J connectivity index is 1.46. The number of nitrogens with zero attached hydrogens (tertiary/aromatic N) is 5. The molecule has 2 aliphatic rings. The molecule has 35 heavy (non-hydrogen) atoms. The number of carbonyl (C=O) groups excluding carboxylic acids is 1. The Kier molecular flexibility index (Phi) is 7.70. The molecular formula is C23H31BF3N5O3. The van der Waals surface area contributed by atoms with E-state index in [0.717, 1.165) is 38.2 Å². The van der Waals surface area contributed by atoms with Crippen LogP contribution in [-0.4, -0.2) is 71.9 Å². The number of aromatic nitrogens is 2. The largest absolute Gasteiger partial charge is 0.437 e. The summed E-state index contributed by atoms with van der Waals surface area (Å²) in [5, 5.41) is 9.80. The van der Waals surface area contributed by atoms with Gasteiger partial charge in [0.25, 0.3) is 6.01 Å². The van der Waals surface area contributed by atoms with Crippen molar-refractivity contribution in [2.24, 2.45) is 5.92 Å². The second-order valence-electron chi connectivity index (χ2n) is 9.50. The van der Waals surface area contributed by atoms with E-state index < -0.39 is 30.5 Å². The van der Waals surface area contributed by atoms with Crippen LogP contribution in [0.3, 0.4) is 0 Å². The molecule has 8 nitrogen and oxygen atoms in total. The third-order valence-electron chi connectivity index (χ3n) is 6.62. The second kappa shape index (κ2) is 10.6. The standard InChI is InChI=1S/C23H31BF3N5O3/c1-16-5-3-8-31(15-16)22-29-21(23(25,26)27)20(35-22)18(33)13-17-6-7-19(28-14-17)30-9-4-10-32(12-11-30)24(2)34/h6-7,14,16,34H,3-5,8-13,15H2,1-2H3. The molecule has 0 amide bonds. The van der Waals surface area contributed by atoms with Crippen molar-refractivity contribution < 1.29 is 27.4 Å². The zero-order valence-electron chi connectivity index (χ0n) is 20.1. The van der Waals surface area contributed by atoms with Crippen molar-refractivity contribution in [3.8, 4) is 0 Å². The van der Waals surface area contributed by atoms with Crippen LogP contribution >= 0.6 is 0 Å². The third-order valence-corrected chi connectivity index (χ3v) is 6.62. The van der Waals surface area contributed by atoms with E-state index in [1.165, 1.54) is 6.20 Å². The lowest BCUT2D eigenvalue weighted by Gasteiger charge is -2.29. The van der Waals surface area contributed by atoms with Gasteiger partial charge in [-0.3, -0.25) is 4.79 Å². The Morgan fingerprint density at radius 2 is 1.94 bits per heavy atom. The van der Waals surface area contributed by atoms with E-state index in [9.17, 15) is 23.0 Å². The van der Waals surface area contributed by atoms with Gasteiger partial charge in [0.05, 0.1) is 0 Å². The molecule has 0 radical (unpaired) electrons. The predicted molar refractivity (Wildman–Crippen MR) is 127 cm³/mol. The minimum atomic E-state index is -4.79. The van der Waals surface area contributed by atoms with Crippen LogP contribution in [0.5, 0.6) is 0 Å². The lowest BCUT2D eigenvalue weighted by Crippen LogP contribution is -2.40. The number of anilines is 2. The highest BCUT2D eigenvalue weighted by molar-refractivity contribution is 6.45. The molecule has 4 rings (SSSR count). The molecule has 12 heteroatoms. The lowest BCUT2D eigenvalue weighted by molar-refractivity contribution is -0.141. The Labute approximate surface area is 203 Å². The van der Waals surface area contributed by atoms with Crippen LogP contribution in [-0.2, 0) is 12.6 Å². The fourth-order valence-electron chi connectivity index (χ4n) is 4.70. The molecule has 1 N–H and O–H groups in total. The van der Waals surface area contributed by atoms with Crippen LogP contribution in [0.25, 0.3) is 0 Å². The molecule has 2 saturated heterocycles. The fourth-order valence-corrected chi connectivity index (χ4v) is 4.70. The van der Waals surface area contributed by atoms with Crippen molar-refractivity contribution in [1.82, 2.24) is 14.8 Å². The molecule has 0 aliphatic carbocycles. The van der Waals surface area contributed by atoms with E-state index in [1.807, 2.05) is 11.7 Å². The maximum absolute atomic E-state index is 13.6. The van der Waals surface area contributed by atoms with Gasteiger partial charge in [0.2, 0.25) is 11.5 Å². The number of pyridine rings is 1. The molecule has 2 aromatic heterocycles. The molecule has 2 fully saturated rings. The quantitative estimate of drug-likeness (QED) is 0.485. The van der Waals surface area contributed by atoms with E-state index >= 15 is 0 Å². The first kappa shape index (κ1) is 25.5. The summed E-state index contributed by atoms with van der Waals surface area (Å²) in [7, 11) is -0.507. The van der Waals surface area contributed by atoms with Gasteiger partial charge in [-0.1, -0.05) is 13.0 Å². The number of carbonyl (C=O) groups is 1. The Bertz CT molecular complexity index is 1010. The summed E-state index contributed by atoms with van der Waals surface area (Å²) in [5.74, 6) is -0.489. The predicted octanol–water partition coefficient (Wildman–Crippen LogP) is 3.37. The molecule has 0 spiro atoms. The molecule has 190 valence electrons. The molecule has 2 aliphatic heterocycles. The fraction of sp³-hybridized carbons (Fsp3) is 0.609. The number of halogens is 3. The van der Waals surface area contributed by atoms with Gasteiger partial charge >= 0.3 is 13.2 Å². The van der Waals surface area contributed by atoms with Gasteiger partial charge in [0.1, 0.15) is 5.82 Å². The summed E-state index contributed by atoms with van der Waals surface area (Å²) in [6, 6.07) is 3.33. The molecule has 1 unspecified atom stereocenters. The van der Waals surface area contributed by atoms with Gasteiger partial charge in [-0.2, -0.15) is 18.2 Å². The van der Waals surface area contributed by atoms with E-state index in [0.29, 0.717) is 37.7 Å². The molecule has 0 bridgehead atoms. The molecular weight excluding hydrogens is 462 g/mol. The number of piperidine rings is 1. The average molecular weight is 493 g/mol. The van der Waals surface area contributed by atoms with Crippen LogP contribution in [0.2, 0.25) is 6.82 Å². The number of oxazole rings is 1. The summed E-state index contributed by atoms with van der Waals surface area (Å²) >= 11 is 0. The van der Waals surface area contributed by atoms with Gasteiger partial charge in [-0.25, -0.2) is 4.98 Å². The highest BCUT2D eigenvalue weighted by atomic mass is 19.4. The van der Waals surface area contributed by atoms with Crippen molar-refractivity contribution in [3.05, 3.63) is 35.3 Å². The monoisotopic (exact) mass is 493 g/mol. The minimum absolute atomic E-state index is 0.145. The second-order valence-corrected chi connectivity index (χ2v) is 9.50. The van der Waals surface area contributed by atoms with Crippen LogP contribution in [0.4, 0.5) is 25.0 Å². The Hall–Kier alpha value is -2.60. The van der Waals surface area contributed by atoms with Gasteiger partial charge in [-0.05, 0) is 50.2 Å². The molecule has 4 heterocycles. The molecule has 1 atom stereocenters. The van der Waals surface area contributed by atoms with Crippen molar-refractivity contribution in [1.29, 1.82) is 0 Å². The molecule has 2 aromatic rings. The number of Topliss-reactive ketones (excluding diaryl/α,β-unsaturated/α-hetero) is 1. The third kappa shape index (κ3) is 6.16. The first-order chi connectivity index (χ1) is 16.6. The lowest BCUT2D eigenvalue weighted by atomic mass is 9.85. The summed E-state index contributed by atoms with van der Waals surface area (Å²) in [6.45, 7) is 7.82. The van der Waals surface area contributed by atoms with Gasteiger partial charge < -0.3 is 24.1 Å². The molecule has 0 saturated carbocycles. The zero-order valence-corrected chi connectivity index (χ0v) is 20.1. The van der Waals surface area contributed by atoms with Crippen molar-refractivity contribution in [2.45, 2.75) is 45.6 Å². The number of hydrogen-bond acceptors (Lipinski definition) is 8. The topological polar surface area (TPSA) is 85.9 Å². The summed E-state index contributed by atoms with van der Waals surface area (Å²) in [5.41, 5.74) is -0.774. The van der Waals surface area contributed by atoms with Crippen LogP contribution in [0, 0.1) is 5.92 Å². The summed E-state index contributed by atoms with van der Waals surface area (Å²) in [6.07, 6.45) is -0.840. The maximum Gasteiger partial charge on any atom is 0.437 e. The zero-order chi connectivity index (χ0) is 25.2. The average Bonchev–Trinajstić information content (AvgIpc) is 3.13. The van der Waals surface area contributed by atoms with Gasteiger partial charge in [0, 0.05) is 45.3 Å². The van der Waals surface area contributed by atoms with E-state index in [1.54, 1.807) is 23.9 Å². The highest BCUT2D eigenvalue weighted by Crippen LogP contribution is 2.35. The molecule has 0 aromatic carbocycles. The van der Waals surface area contributed by atoms with Crippen molar-refractivity contribution >= 4 is 24.7 Å². The number of alkyl halides is 3. The van der Waals surface area contributed by atoms with Crippen LogP contribution < -0.4 is 9.80 Å². The first-order valence-electron chi connectivity index (χ1n) is 12.1.